The lowest BCUT2D eigenvalue weighted by Gasteiger charge is -2.08. The topological polar surface area (TPSA) is 103 Å². The first-order chi connectivity index (χ1) is 12.4. The Hall–Kier alpha value is -3.42. The van der Waals surface area contributed by atoms with E-state index in [0.29, 0.717) is 11.3 Å². The van der Waals surface area contributed by atoms with Gasteiger partial charge in [-0.2, -0.15) is 5.10 Å². The highest BCUT2D eigenvalue weighted by Crippen LogP contribution is 2.33. The Labute approximate surface area is 150 Å². The van der Waals surface area contributed by atoms with Crippen LogP contribution in [0, 0.1) is 17.0 Å². The highest BCUT2D eigenvalue weighted by molar-refractivity contribution is 5.87. The highest BCUT2D eigenvalue weighted by Gasteiger charge is 2.18. The average Bonchev–Trinajstić information content (AvgIpc) is 2.63. The van der Waals surface area contributed by atoms with Crippen molar-refractivity contribution in [2.75, 3.05) is 14.2 Å². The summed E-state index contributed by atoms with van der Waals surface area (Å²) < 4.78 is 10.2. The number of aryl methyl sites for hydroxylation is 1. The molecule has 0 aromatic heterocycles. The molecule has 2 rings (SSSR count). The number of ether oxygens (including phenoxy) is 2. The van der Waals surface area contributed by atoms with Crippen LogP contribution in [-0.4, -0.2) is 31.3 Å². The van der Waals surface area contributed by atoms with Crippen LogP contribution < -0.4 is 14.9 Å². The summed E-state index contributed by atoms with van der Waals surface area (Å²) in [7, 11) is 2.76. The molecule has 0 aliphatic carbocycles. The summed E-state index contributed by atoms with van der Waals surface area (Å²) in [5.74, 6) is 0.114. The van der Waals surface area contributed by atoms with Crippen LogP contribution in [0.15, 0.2) is 41.5 Å². The molecule has 0 aliphatic heterocycles. The number of rotatable bonds is 7. The van der Waals surface area contributed by atoms with Gasteiger partial charge in [0.1, 0.15) is 5.75 Å². The first-order valence-corrected chi connectivity index (χ1v) is 7.72. The summed E-state index contributed by atoms with van der Waals surface area (Å²) in [6.07, 6.45) is 1.47. The van der Waals surface area contributed by atoms with Gasteiger partial charge < -0.3 is 9.47 Å². The van der Waals surface area contributed by atoms with Crippen molar-refractivity contribution < 1.29 is 19.2 Å². The summed E-state index contributed by atoms with van der Waals surface area (Å²) >= 11 is 0. The van der Waals surface area contributed by atoms with Gasteiger partial charge in [-0.1, -0.05) is 29.8 Å². The fraction of sp³-hybridized carbons (Fsp3) is 0.222. The Morgan fingerprint density at radius 2 is 1.85 bits per heavy atom. The maximum Gasteiger partial charge on any atom is 0.311 e. The zero-order valence-corrected chi connectivity index (χ0v) is 14.7. The van der Waals surface area contributed by atoms with E-state index in [1.54, 1.807) is 0 Å². The maximum absolute atomic E-state index is 11.9. The van der Waals surface area contributed by atoms with Gasteiger partial charge in [0.2, 0.25) is 11.7 Å². The van der Waals surface area contributed by atoms with Gasteiger partial charge in [0.05, 0.1) is 31.8 Å². The number of nitrogens with one attached hydrogen (secondary N) is 1. The zero-order valence-electron chi connectivity index (χ0n) is 14.7. The molecule has 0 saturated heterocycles. The molecule has 0 aliphatic rings. The van der Waals surface area contributed by atoms with E-state index in [1.807, 2.05) is 31.2 Å². The summed E-state index contributed by atoms with van der Waals surface area (Å²) in [5.41, 5.74) is 4.49. The monoisotopic (exact) mass is 357 g/mol. The molecule has 136 valence electrons. The first-order valence-electron chi connectivity index (χ1n) is 7.72. The van der Waals surface area contributed by atoms with Crippen LogP contribution in [0.2, 0.25) is 0 Å². The van der Waals surface area contributed by atoms with E-state index in [2.05, 4.69) is 10.5 Å². The van der Waals surface area contributed by atoms with Crippen molar-refractivity contribution in [3.8, 4) is 11.5 Å². The van der Waals surface area contributed by atoms with Gasteiger partial charge in [0.25, 0.3) is 0 Å². The molecule has 0 saturated carbocycles. The second-order valence-electron chi connectivity index (χ2n) is 5.48. The Bertz CT molecular complexity index is 831. The Balaban J connectivity index is 2.11. The number of carbonyl (C=O) groups excluding carboxylic acids is 1. The lowest BCUT2D eigenvalue weighted by Crippen LogP contribution is -2.19. The van der Waals surface area contributed by atoms with Gasteiger partial charge in [0.15, 0.2) is 0 Å². The number of amides is 1. The van der Waals surface area contributed by atoms with E-state index in [4.69, 9.17) is 9.47 Å². The summed E-state index contributed by atoms with van der Waals surface area (Å²) in [6, 6.07) is 10.3. The van der Waals surface area contributed by atoms with Gasteiger partial charge in [-0.3, -0.25) is 14.9 Å². The molecular formula is C18H19N3O5. The van der Waals surface area contributed by atoms with Crippen molar-refractivity contribution in [1.29, 1.82) is 0 Å². The van der Waals surface area contributed by atoms with Crippen LogP contribution in [0.1, 0.15) is 16.7 Å². The standard InChI is InChI=1S/C18H19N3O5/c1-12-4-6-13(7-5-12)8-18(22)20-19-11-14-9-15(21(23)24)17(26-3)10-16(14)25-2/h4-7,9-11H,8H2,1-3H3,(H,20,22)/b19-11+. The van der Waals surface area contributed by atoms with Gasteiger partial charge in [0, 0.05) is 17.7 Å². The SMILES string of the molecule is COc1cc(OC)c([N+](=O)[O-])cc1/C=N/NC(=O)Cc1ccc(C)cc1. The molecule has 2 aromatic rings. The van der Waals surface area contributed by atoms with Crippen LogP contribution in [0.5, 0.6) is 11.5 Å². The molecule has 0 radical (unpaired) electrons. The third-order valence-electron chi connectivity index (χ3n) is 3.61. The fourth-order valence-corrected chi connectivity index (χ4v) is 2.25. The number of nitro benzene ring substituents is 1. The largest absolute Gasteiger partial charge is 0.496 e. The molecule has 1 N–H and O–H groups in total. The molecule has 26 heavy (non-hydrogen) atoms. The Morgan fingerprint density at radius 3 is 2.42 bits per heavy atom. The quantitative estimate of drug-likeness (QED) is 0.466. The van der Waals surface area contributed by atoms with Crippen LogP contribution in [0.3, 0.4) is 0 Å². The van der Waals surface area contributed by atoms with Gasteiger partial charge in [-0.05, 0) is 12.5 Å². The number of carbonyl (C=O) groups is 1. The molecule has 8 heteroatoms. The van der Waals surface area contributed by atoms with Crippen LogP contribution >= 0.6 is 0 Å². The van der Waals surface area contributed by atoms with Crippen LogP contribution in [0.25, 0.3) is 0 Å². The Morgan fingerprint density at radius 1 is 1.19 bits per heavy atom. The molecule has 2 aromatic carbocycles. The number of benzene rings is 2. The highest BCUT2D eigenvalue weighted by atomic mass is 16.6. The number of hydrazone groups is 1. The van der Waals surface area contributed by atoms with Crippen molar-refractivity contribution >= 4 is 17.8 Å². The van der Waals surface area contributed by atoms with Crippen LogP contribution in [-0.2, 0) is 11.2 Å². The van der Waals surface area contributed by atoms with E-state index in [1.165, 1.54) is 32.6 Å². The molecule has 1 amide bonds. The third kappa shape index (κ3) is 4.79. The maximum atomic E-state index is 11.9. The lowest BCUT2D eigenvalue weighted by atomic mass is 10.1. The molecule has 8 nitrogen and oxygen atoms in total. The minimum absolute atomic E-state index is 0.0763. The van der Waals surface area contributed by atoms with Gasteiger partial charge >= 0.3 is 5.69 Å². The second kappa shape index (κ2) is 8.61. The summed E-state index contributed by atoms with van der Waals surface area (Å²) in [4.78, 5) is 22.5. The predicted molar refractivity (Wildman–Crippen MR) is 96.8 cm³/mol. The predicted octanol–water partition coefficient (Wildman–Crippen LogP) is 2.61. The lowest BCUT2D eigenvalue weighted by molar-refractivity contribution is -0.385. The van der Waals surface area contributed by atoms with Crippen molar-refractivity contribution in [3.05, 3.63) is 63.2 Å². The van der Waals surface area contributed by atoms with Gasteiger partial charge in [-0.25, -0.2) is 5.43 Å². The number of nitrogens with zero attached hydrogens (tertiary/aromatic N) is 2. The van der Waals surface area contributed by atoms with E-state index < -0.39 is 4.92 Å². The first kappa shape index (κ1) is 18.9. The van der Waals surface area contributed by atoms with E-state index >= 15 is 0 Å². The van der Waals surface area contributed by atoms with Crippen molar-refractivity contribution in [1.82, 2.24) is 5.43 Å². The summed E-state index contributed by atoms with van der Waals surface area (Å²) in [5, 5.41) is 15.0. The molecular weight excluding hydrogens is 338 g/mol. The number of hydrogen-bond acceptors (Lipinski definition) is 6. The van der Waals surface area contributed by atoms with Gasteiger partial charge in [-0.15, -0.1) is 0 Å². The average molecular weight is 357 g/mol. The van der Waals surface area contributed by atoms with E-state index in [-0.39, 0.29) is 23.8 Å². The van der Waals surface area contributed by atoms with Crippen molar-refractivity contribution in [2.45, 2.75) is 13.3 Å². The molecule has 0 spiro atoms. The molecule has 0 bridgehead atoms. The molecule has 0 fully saturated rings. The minimum Gasteiger partial charge on any atom is -0.496 e. The second-order valence-corrected chi connectivity index (χ2v) is 5.48. The smallest absolute Gasteiger partial charge is 0.311 e. The Kier molecular flexibility index (Phi) is 6.26. The molecule has 0 atom stereocenters. The van der Waals surface area contributed by atoms with Crippen molar-refractivity contribution in [3.63, 3.8) is 0 Å². The summed E-state index contributed by atoms with van der Waals surface area (Å²) in [6.45, 7) is 1.97. The number of methoxy groups -OCH3 is 2. The van der Waals surface area contributed by atoms with E-state index in [9.17, 15) is 14.9 Å². The fourth-order valence-electron chi connectivity index (χ4n) is 2.25. The zero-order chi connectivity index (χ0) is 19.1. The minimum atomic E-state index is -0.564. The molecule has 0 unspecified atom stereocenters. The number of hydrogen-bond donors (Lipinski definition) is 1. The van der Waals surface area contributed by atoms with Crippen molar-refractivity contribution in [2.24, 2.45) is 5.10 Å². The number of nitro groups is 1. The molecule has 0 heterocycles. The normalized spacial score (nSPS) is 10.6. The third-order valence-corrected chi connectivity index (χ3v) is 3.61. The van der Waals surface area contributed by atoms with E-state index in [0.717, 1.165) is 11.1 Å². The van der Waals surface area contributed by atoms with Crippen LogP contribution in [0.4, 0.5) is 5.69 Å².